The van der Waals surface area contributed by atoms with Crippen LogP contribution in [0.2, 0.25) is 5.02 Å². The summed E-state index contributed by atoms with van der Waals surface area (Å²) in [6, 6.07) is 7.81. The normalized spacial score (nSPS) is 16.2. The first-order chi connectivity index (χ1) is 14.5. The van der Waals surface area contributed by atoms with Gasteiger partial charge in [0.2, 0.25) is 5.91 Å². The molecule has 0 aliphatic carbocycles. The van der Waals surface area contributed by atoms with Gasteiger partial charge < -0.3 is 20.7 Å². The highest BCUT2D eigenvalue weighted by Gasteiger charge is 2.21. The molecule has 0 saturated carbocycles. The molecule has 176 valence electrons. The number of likely N-dealkylation sites (tertiary alicyclic amines) is 1. The van der Waals surface area contributed by atoms with Crippen LogP contribution in [0.15, 0.2) is 29.3 Å². The van der Waals surface area contributed by atoms with Crippen LogP contribution in [0, 0.1) is 0 Å². The minimum Gasteiger partial charge on any atom is -0.487 e. The number of hydrogen-bond donors (Lipinski definition) is 3. The molecule has 31 heavy (non-hydrogen) atoms. The third kappa shape index (κ3) is 10.7. The lowest BCUT2D eigenvalue weighted by Crippen LogP contribution is -2.50. The van der Waals surface area contributed by atoms with Crippen molar-refractivity contribution in [2.45, 2.75) is 52.2 Å². The number of nitrogens with zero attached hydrogens (tertiary/aromatic N) is 2. The standard InChI is InChI=1S/C22H36ClN5O2.HI/c1-4-12-25-21(29)16-28-13-10-18(11-14-28)27-22(24-5-2)26-15-17(3)30-20-9-7-6-8-19(20)23;/h6-9,17-18H,4-5,10-16H2,1-3H3,(H,25,29)(H2,24,26,27);1H. The zero-order chi connectivity index (χ0) is 21.8. The van der Waals surface area contributed by atoms with Crippen molar-refractivity contribution < 1.29 is 9.53 Å². The van der Waals surface area contributed by atoms with Crippen molar-refractivity contribution in [3.8, 4) is 5.75 Å². The number of aliphatic imine (C=N–C) groups is 1. The van der Waals surface area contributed by atoms with Crippen LogP contribution >= 0.6 is 35.6 Å². The van der Waals surface area contributed by atoms with Crippen molar-refractivity contribution in [2.75, 3.05) is 39.3 Å². The van der Waals surface area contributed by atoms with Gasteiger partial charge in [-0.2, -0.15) is 0 Å². The van der Waals surface area contributed by atoms with Crippen LogP contribution in [0.1, 0.15) is 40.0 Å². The number of guanidine groups is 1. The Kier molecular flexibility index (Phi) is 13.9. The first kappa shape index (κ1) is 27.8. The molecule has 7 nitrogen and oxygen atoms in total. The largest absolute Gasteiger partial charge is 0.487 e. The number of ether oxygens (including phenoxy) is 1. The van der Waals surface area contributed by atoms with Gasteiger partial charge in [0.05, 0.1) is 18.1 Å². The van der Waals surface area contributed by atoms with Crippen molar-refractivity contribution in [3.05, 3.63) is 29.3 Å². The Balaban J connectivity index is 0.00000480. The summed E-state index contributed by atoms with van der Waals surface area (Å²) in [5.74, 6) is 1.59. The van der Waals surface area contributed by atoms with Crippen LogP contribution in [0.3, 0.4) is 0 Å². The third-order valence-electron chi connectivity index (χ3n) is 4.88. The predicted molar refractivity (Wildman–Crippen MR) is 139 cm³/mol. The molecule has 0 aromatic heterocycles. The molecular formula is C22H37ClIN5O2. The maximum Gasteiger partial charge on any atom is 0.234 e. The fourth-order valence-corrected chi connectivity index (χ4v) is 3.47. The van der Waals surface area contributed by atoms with Crippen molar-refractivity contribution >= 4 is 47.4 Å². The van der Waals surface area contributed by atoms with Crippen LogP contribution in [-0.4, -0.2) is 68.2 Å². The number of rotatable bonds is 10. The fraction of sp³-hybridized carbons (Fsp3) is 0.636. The summed E-state index contributed by atoms with van der Waals surface area (Å²) in [5, 5.41) is 10.4. The summed E-state index contributed by atoms with van der Waals surface area (Å²) in [5.41, 5.74) is 0. The Labute approximate surface area is 208 Å². The van der Waals surface area contributed by atoms with E-state index in [0.29, 0.717) is 29.9 Å². The highest BCUT2D eigenvalue weighted by Crippen LogP contribution is 2.24. The second kappa shape index (κ2) is 15.5. The van der Waals surface area contributed by atoms with Crippen LogP contribution in [-0.2, 0) is 4.79 Å². The molecule has 1 atom stereocenters. The maximum atomic E-state index is 11.9. The summed E-state index contributed by atoms with van der Waals surface area (Å²) in [7, 11) is 0. The predicted octanol–water partition coefficient (Wildman–Crippen LogP) is 3.27. The summed E-state index contributed by atoms with van der Waals surface area (Å²) in [6.07, 6.45) is 2.84. The Morgan fingerprint density at radius 3 is 2.61 bits per heavy atom. The van der Waals surface area contributed by atoms with Gasteiger partial charge in [-0.3, -0.25) is 9.69 Å². The molecule has 1 unspecified atom stereocenters. The van der Waals surface area contributed by atoms with E-state index in [1.54, 1.807) is 0 Å². The average molecular weight is 566 g/mol. The fourth-order valence-electron chi connectivity index (χ4n) is 3.29. The molecule has 1 heterocycles. The van der Waals surface area contributed by atoms with Gasteiger partial charge in [-0.05, 0) is 45.2 Å². The van der Waals surface area contributed by atoms with Gasteiger partial charge in [0.15, 0.2) is 5.96 Å². The van der Waals surface area contributed by atoms with Crippen molar-refractivity contribution in [3.63, 3.8) is 0 Å². The van der Waals surface area contributed by atoms with Gasteiger partial charge in [-0.1, -0.05) is 30.7 Å². The molecule has 1 aliphatic heterocycles. The number of hydrogen-bond acceptors (Lipinski definition) is 4. The molecule has 9 heteroatoms. The SMILES string of the molecule is CCCNC(=O)CN1CCC(NC(=NCC(C)Oc2ccccc2Cl)NCC)CC1.I. The summed E-state index contributed by atoms with van der Waals surface area (Å²) in [6.45, 7) is 10.5. The molecule has 0 spiro atoms. The number of piperidine rings is 1. The lowest BCUT2D eigenvalue weighted by Gasteiger charge is -2.32. The zero-order valence-corrected chi connectivity index (χ0v) is 21.9. The molecule has 1 saturated heterocycles. The van der Waals surface area contributed by atoms with Crippen LogP contribution < -0.4 is 20.7 Å². The highest BCUT2D eigenvalue weighted by molar-refractivity contribution is 14.0. The second-order valence-corrected chi connectivity index (χ2v) is 8.03. The molecule has 1 aromatic carbocycles. The van der Waals surface area contributed by atoms with Crippen LogP contribution in [0.5, 0.6) is 5.75 Å². The van der Waals surface area contributed by atoms with Crippen LogP contribution in [0.4, 0.5) is 0 Å². The first-order valence-electron chi connectivity index (χ1n) is 11.0. The summed E-state index contributed by atoms with van der Waals surface area (Å²) in [4.78, 5) is 18.8. The van der Waals surface area contributed by atoms with E-state index in [1.165, 1.54) is 0 Å². The van der Waals surface area contributed by atoms with Gasteiger partial charge in [0, 0.05) is 32.2 Å². The van der Waals surface area contributed by atoms with Gasteiger partial charge in [-0.25, -0.2) is 4.99 Å². The van der Waals surface area contributed by atoms with Gasteiger partial charge in [0.25, 0.3) is 0 Å². The minimum absolute atomic E-state index is 0. The summed E-state index contributed by atoms with van der Waals surface area (Å²) < 4.78 is 5.90. The van der Waals surface area contributed by atoms with E-state index in [1.807, 2.05) is 31.2 Å². The number of benzene rings is 1. The monoisotopic (exact) mass is 565 g/mol. The molecule has 0 bridgehead atoms. The number of halogens is 2. The second-order valence-electron chi connectivity index (χ2n) is 7.62. The molecule has 1 amide bonds. The van der Waals surface area contributed by atoms with E-state index in [-0.39, 0.29) is 36.0 Å². The number of carbonyl (C=O) groups is 1. The molecule has 2 rings (SSSR count). The number of para-hydroxylation sites is 1. The lowest BCUT2D eigenvalue weighted by molar-refractivity contribution is -0.122. The number of amides is 1. The van der Waals surface area contributed by atoms with Gasteiger partial charge in [-0.15, -0.1) is 24.0 Å². The molecule has 3 N–H and O–H groups in total. The van der Waals surface area contributed by atoms with Crippen molar-refractivity contribution in [1.29, 1.82) is 0 Å². The zero-order valence-electron chi connectivity index (χ0n) is 18.8. The van der Waals surface area contributed by atoms with E-state index >= 15 is 0 Å². The smallest absolute Gasteiger partial charge is 0.234 e. The molecular weight excluding hydrogens is 529 g/mol. The Bertz CT molecular complexity index is 684. The lowest BCUT2D eigenvalue weighted by atomic mass is 10.1. The van der Waals surface area contributed by atoms with Gasteiger partial charge in [0.1, 0.15) is 11.9 Å². The van der Waals surface area contributed by atoms with E-state index < -0.39 is 0 Å². The minimum atomic E-state index is -0.0937. The average Bonchev–Trinajstić information content (AvgIpc) is 2.74. The molecule has 0 radical (unpaired) electrons. The first-order valence-corrected chi connectivity index (χ1v) is 11.3. The topological polar surface area (TPSA) is 78.0 Å². The molecule has 1 fully saturated rings. The number of carbonyl (C=O) groups excluding carboxylic acids is 1. The molecule has 1 aromatic rings. The third-order valence-corrected chi connectivity index (χ3v) is 5.20. The Morgan fingerprint density at radius 1 is 1.26 bits per heavy atom. The van der Waals surface area contributed by atoms with E-state index in [0.717, 1.165) is 51.4 Å². The van der Waals surface area contributed by atoms with Gasteiger partial charge >= 0.3 is 0 Å². The Morgan fingerprint density at radius 2 is 1.97 bits per heavy atom. The highest BCUT2D eigenvalue weighted by atomic mass is 127. The summed E-state index contributed by atoms with van der Waals surface area (Å²) >= 11 is 6.16. The van der Waals surface area contributed by atoms with Crippen molar-refractivity contribution in [1.82, 2.24) is 20.9 Å². The molecule has 1 aliphatic rings. The quantitative estimate of drug-likeness (QED) is 0.231. The number of nitrogens with one attached hydrogen (secondary N) is 3. The van der Waals surface area contributed by atoms with E-state index in [2.05, 4.69) is 39.7 Å². The van der Waals surface area contributed by atoms with E-state index in [4.69, 9.17) is 16.3 Å². The van der Waals surface area contributed by atoms with E-state index in [9.17, 15) is 4.79 Å². The Hall–Kier alpha value is -1.26. The maximum absolute atomic E-state index is 11.9. The van der Waals surface area contributed by atoms with Crippen LogP contribution in [0.25, 0.3) is 0 Å². The van der Waals surface area contributed by atoms with Crippen molar-refractivity contribution in [2.24, 2.45) is 4.99 Å².